The van der Waals surface area contributed by atoms with Crippen molar-refractivity contribution >= 4 is 12.3 Å². The van der Waals surface area contributed by atoms with E-state index < -0.39 is 5.97 Å². The number of carboxylic acids is 1. The minimum atomic E-state index is -0.833. The zero-order chi connectivity index (χ0) is 9.40. The van der Waals surface area contributed by atoms with Crippen molar-refractivity contribution in [3.8, 4) is 0 Å². The van der Waals surface area contributed by atoms with Crippen LogP contribution in [0.3, 0.4) is 0 Å². The van der Waals surface area contributed by atoms with Gasteiger partial charge >= 0.3 is 29.6 Å². The van der Waals surface area contributed by atoms with E-state index in [0.717, 1.165) is 18.8 Å². The Hall–Kier alpha value is -0.640. The molecule has 0 unspecified atom stereocenters. The monoisotopic (exact) mass is 190 g/mol. The Bertz CT molecular complexity index is 247. The van der Waals surface area contributed by atoms with Crippen molar-refractivity contribution in [1.82, 2.24) is 0 Å². The van der Waals surface area contributed by atoms with Crippen molar-refractivity contribution in [3.63, 3.8) is 0 Å². The van der Waals surface area contributed by atoms with Gasteiger partial charge in [0.2, 0.25) is 0 Å². The van der Waals surface area contributed by atoms with Crippen molar-refractivity contribution in [2.45, 2.75) is 6.92 Å². The molecule has 4 heteroatoms. The minimum absolute atomic E-state index is 0. The van der Waals surface area contributed by atoms with E-state index in [0.29, 0.717) is 0 Å². The molecule has 1 aromatic carbocycles. The molecule has 0 amide bonds. The summed E-state index contributed by atoms with van der Waals surface area (Å²) in [6.07, 6.45) is 0.833. The van der Waals surface area contributed by atoms with Crippen LogP contribution >= 0.6 is 0 Å². The number of carbonyl (C=O) groups excluding carboxylic acids is 1. The summed E-state index contributed by atoms with van der Waals surface area (Å²) in [5.41, 5.74) is 0.729. The smallest absolute Gasteiger partial charge is 1.00 e. The molecule has 0 bridgehead atoms. The zero-order valence-electron chi connectivity index (χ0n) is 8.73. The maximum Gasteiger partial charge on any atom is 1.00 e. The summed E-state index contributed by atoms with van der Waals surface area (Å²) < 4.78 is 0. The standard InChI is InChI=1S/C7H6O.C2H4O2.Na.H/c8-6-7-4-2-1-3-5-7;1-2(3)4;;/h1-6H;1H3,(H,3,4);;/q;;+1;-1. The van der Waals surface area contributed by atoms with E-state index in [1.807, 2.05) is 18.2 Å². The SMILES string of the molecule is CC(=O)O.O=Cc1ccccc1.[H-].[Na+]. The third-order valence-corrected chi connectivity index (χ3v) is 0.936. The molecule has 0 fully saturated rings. The second kappa shape index (κ2) is 9.45. The van der Waals surface area contributed by atoms with Crippen molar-refractivity contribution < 1.29 is 45.7 Å². The van der Waals surface area contributed by atoms with Gasteiger partial charge < -0.3 is 6.53 Å². The van der Waals surface area contributed by atoms with Gasteiger partial charge in [-0.2, -0.15) is 0 Å². The molecular formula is C9H11NaO3. The predicted molar refractivity (Wildman–Crippen MR) is 46.3 cm³/mol. The van der Waals surface area contributed by atoms with E-state index in [1.54, 1.807) is 12.1 Å². The molecule has 0 radical (unpaired) electrons. The van der Waals surface area contributed by atoms with Crippen LogP contribution in [0.4, 0.5) is 0 Å². The predicted octanol–water partition coefficient (Wildman–Crippen LogP) is -1.29. The number of aliphatic carboxylic acids is 1. The van der Waals surface area contributed by atoms with Gasteiger partial charge in [0.15, 0.2) is 0 Å². The van der Waals surface area contributed by atoms with Crippen LogP contribution in [0.5, 0.6) is 0 Å². The molecule has 66 valence electrons. The molecule has 0 aromatic heterocycles. The maximum atomic E-state index is 10.0. The van der Waals surface area contributed by atoms with Crippen molar-refractivity contribution in [2.24, 2.45) is 0 Å². The van der Waals surface area contributed by atoms with E-state index in [9.17, 15) is 4.79 Å². The Kier molecular flexibility index (Phi) is 10.8. The van der Waals surface area contributed by atoms with Crippen LogP contribution < -0.4 is 29.6 Å². The van der Waals surface area contributed by atoms with Gasteiger partial charge in [-0.3, -0.25) is 9.59 Å². The second-order valence-electron chi connectivity index (χ2n) is 2.05. The summed E-state index contributed by atoms with van der Waals surface area (Å²) in [6.45, 7) is 1.08. The van der Waals surface area contributed by atoms with E-state index in [4.69, 9.17) is 9.90 Å². The topological polar surface area (TPSA) is 54.4 Å². The van der Waals surface area contributed by atoms with E-state index in [1.165, 1.54) is 0 Å². The molecular weight excluding hydrogens is 179 g/mol. The van der Waals surface area contributed by atoms with E-state index in [2.05, 4.69) is 0 Å². The van der Waals surface area contributed by atoms with Gasteiger partial charge in [-0.1, -0.05) is 30.3 Å². The summed E-state index contributed by atoms with van der Waals surface area (Å²) in [6, 6.07) is 9.10. The molecule has 1 rings (SSSR count). The fourth-order valence-electron chi connectivity index (χ4n) is 0.532. The van der Waals surface area contributed by atoms with Gasteiger partial charge in [0.05, 0.1) is 0 Å². The normalized spacial score (nSPS) is 7.15. The Morgan fingerprint density at radius 2 is 1.77 bits per heavy atom. The number of carboxylic acid groups (broad SMARTS) is 1. The average molecular weight is 190 g/mol. The molecule has 0 saturated carbocycles. The van der Waals surface area contributed by atoms with Crippen LogP contribution in [0.1, 0.15) is 18.7 Å². The molecule has 0 atom stereocenters. The molecule has 0 aliphatic carbocycles. The van der Waals surface area contributed by atoms with Crippen molar-refractivity contribution in [1.29, 1.82) is 0 Å². The quantitative estimate of drug-likeness (QED) is 0.442. The molecule has 1 aromatic rings. The fraction of sp³-hybridized carbons (Fsp3) is 0.111. The first-order chi connectivity index (χ1) is 5.66. The Morgan fingerprint density at radius 3 is 2.00 bits per heavy atom. The Balaban J connectivity index is -0.000000180. The van der Waals surface area contributed by atoms with Gasteiger partial charge in [-0.05, 0) is 0 Å². The van der Waals surface area contributed by atoms with Gasteiger partial charge in [0, 0.05) is 12.5 Å². The number of rotatable bonds is 1. The first-order valence-corrected chi connectivity index (χ1v) is 3.36. The number of aldehydes is 1. The van der Waals surface area contributed by atoms with Crippen LogP contribution in [0.25, 0.3) is 0 Å². The third-order valence-electron chi connectivity index (χ3n) is 0.936. The van der Waals surface area contributed by atoms with Crippen molar-refractivity contribution in [2.75, 3.05) is 0 Å². The Morgan fingerprint density at radius 1 is 1.38 bits per heavy atom. The summed E-state index contributed by atoms with van der Waals surface area (Å²) in [5, 5.41) is 7.42. The fourth-order valence-corrected chi connectivity index (χ4v) is 0.532. The zero-order valence-corrected chi connectivity index (χ0v) is 9.73. The number of hydrogen-bond donors (Lipinski definition) is 1. The molecule has 0 saturated heterocycles. The first kappa shape index (κ1) is 14.9. The van der Waals surface area contributed by atoms with Crippen LogP contribution in [0.2, 0.25) is 0 Å². The summed E-state index contributed by atoms with van der Waals surface area (Å²) in [4.78, 5) is 19.0. The maximum absolute atomic E-state index is 10.0. The third kappa shape index (κ3) is 11.4. The van der Waals surface area contributed by atoms with Crippen molar-refractivity contribution in [3.05, 3.63) is 35.9 Å². The summed E-state index contributed by atoms with van der Waals surface area (Å²) in [7, 11) is 0. The first-order valence-electron chi connectivity index (χ1n) is 3.36. The molecule has 0 spiro atoms. The van der Waals surface area contributed by atoms with E-state index in [-0.39, 0.29) is 31.0 Å². The summed E-state index contributed by atoms with van der Waals surface area (Å²) >= 11 is 0. The van der Waals surface area contributed by atoms with Crippen LogP contribution in [-0.2, 0) is 4.79 Å². The summed E-state index contributed by atoms with van der Waals surface area (Å²) in [5.74, 6) is -0.833. The van der Waals surface area contributed by atoms with Gasteiger partial charge in [0.1, 0.15) is 6.29 Å². The molecule has 1 N–H and O–H groups in total. The number of benzene rings is 1. The molecule has 13 heavy (non-hydrogen) atoms. The van der Waals surface area contributed by atoms with Crippen LogP contribution in [-0.4, -0.2) is 17.4 Å². The largest absolute Gasteiger partial charge is 1.00 e. The van der Waals surface area contributed by atoms with Gasteiger partial charge in [-0.25, -0.2) is 0 Å². The molecule has 3 nitrogen and oxygen atoms in total. The molecule has 0 heterocycles. The van der Waals surface area contributed by atoms with Crippen LogP contribution in [0.15, 0.2) is 30.3 Å². The second-order valence-corrected chi connectivity index (χ2v) is 2.05. The number of hydrogen-bond acceptors (Lipinski definition) is 2. The molecule has 0 aliphatic heterocycles. The van der Waals surface area contributed by atoms with Gasteiger partial charge in [-0.15, -0.1) is 0 Å². The Labute approximate surface area is 101 Å². The average Bonchev–Trinajstić information content (AvgIpc) is 2.05. The van der Waals surface area contributed by atoms with Gasteiger partial charge in [0.25, 0.3) is 5.97 Å². The minimum Gasteiger partial charge on any atom is -1.00 e. The van der Waals surface area contributed by atoms with Crippen LogP contribution in [0, 0.1) is 0 Å². The van der Waals surface area contributed by atoms with E-state index >= 15 is 0 Å². The number of carbonyl (C=O) groups is 2. The molecule has 0 aliphatic rings.